The van der Waals surface area contributed by atoms with Crippen molar-refractivity contribution in [2.75, 3.05) is 5.32 Å². The number of hydrogen-bond acceptors (Lipinski definition) is 5. The number of rotatable bonds is 1. The van der Waals surface area contributed by atoms with E-state index >= 15 is 0 Å². The van der Waals surface area contributed by atoms with Crippen molar-refractivity contribution in [3.05, 3.63) is 6.33 Å². The highest BCUT2D eigenvalue weighted by molar-refractivity contribution is 6.39. The molecule has 1 heterocycles. The lowest BCUT2D eigenvalue weighted by Crippen LogP contribution is -2.39. The summed E-state index contributed by atoms with van der Waals surface area (Å²) >= 11 is 0. The quantitative estimate of drug-likeness (QED) is 0.164. The van der Waals surface area contributed by atoms with Gasteiger partial charge in [-0.1, -0.05) is 0 Å². The molecule has 1 aromatic heterocycles. The molecule has 0 atom stereocenters. The smallest absolute Gasteiger partial charge is 0.286 e. The number of nitrogens with two attached hydrogens (primary N) is 1. The van der Waals surface area contributed by atoms with Crippen LogP contribution in [0.3, 0.4) is 0 Å². The Morgan fingerprint density at radius 1 is 1.50 bits per heavy atom. The molecule has 2 amide bonds. The summed E-state index contributed by atoms with van der Waals surface area (Å²) in [4.78, 5) is 24.8. The third-order valence-electron chi connectivity index (χ3n) is 0.984. The second-order valence-electron chi connectivity index (χ2n) is 1.76. The van der Waals surface area contributed by atoms with Crippen molar-refractivity contribution in [2.24, 2.45) is 5.84 Å². The van der Waals surface area contributed by atoms with Crippen molar-refractivity contribution < 1.29 is 9.59 Å². The molecule has 0 aliphatic rings. The number of hydrogen-bond donors (Lipinski definition) is 4. The Balaban J connectivity index is 2.53. The largest absolute Gasteiger partial charge is 0.323 e. The normalized spacial score (nSPS) is 9.08. The highest BCUT2D eigenvalue weighted by atomic mass is 16.2. The number of hydrazine groups is 1. The predicted molar refractivity (Wildman–Crippen MR) is 37.3 cm³/mol. The molecule has 1 rings (SSSR count). The van der Waals surface area contributed by atoms with Crippen LogP contribution in [0, 0.1) is 0 Å². The lowest BCUT2D eigenvalue weighted by molar-refractivity contribution is -0.136. The summed E-state index contributed by atoms with van der Waals surface area (Å²) in [6, 6.07) is 0. The van der Waals surface area contributed by atoms with Gasteiger partial charge in [-0.3, -0.25) is 20.3 Å². The lowest BCUT2D eigenvalue weighted by Gasteiger charge is -1.97. The van der Waals surface area contributed by atoms with Crippen LogP contribution in [-0.4, -0.2) is 27.0 Å². The Bertz CT molecular complexity index is 280. The topological polar surface area (TPSA) is 126 Å². The van der Waals surface area contributed by atoms with Crippen LogP contribution in [0.15, 0.2) is 6.33 Å². The molecule has 5 N–H and O–H groups in total. The van der Waals surface area contributed by atoms with E-state index in [2.05, 4.69) is 20.5 Å². The number of amides is 2. The molecule has 0 aromatic carbocycles. The van der Waals surface area contributed by atoms with Crippen LogP contribution in [0.2, 0.25) is 0 Å². The molecule has 8 nitrogen and oxygen atoms in total. The molecule has 0 unspecified atom stereocenters. The van der Waals surface area contributed by atoms with Gasteiger partial charge in [0.25, 0.3) is 0 Å². The monoisotopic (exact) mass is 170 g/mol. The molecule has 0 aliphatic carbocycles. The number of nitrogens with zero attached hydrogens (tertiary/aromatic N) is 2. The highest BCUT2D eigenvalue weighted by Gasteiger charge is 2.12. The standard InChI is InChI=1S/C4H6N6O2/c5-9-3(12)2(11)8-4-6-1-7-10-4/h1H,5H2,(H,9,12)(H2,6,7,8,10,11). The van der Waals surface area contributed by atoms with Crippen molar-refractivity contribution >= 4 is 17.8 Å². The molecule has 64 valence electrons. The van der Waals surface area contributed by atoms with Crippen molar-refractivity contribution in [3.8, 4) is 0 Å². The van der Waals surface area contributed by atoms with Crippen molar-refractivity contribution in [1.29, 1.82) is 0 Å². The van der Waals surface area contributed by atoms with Gasteiger partial charge in [0.1, 0.15) is 6.33 Å². The van der Waals surface area contributed by atoms with Crippen LogP contribution in [0.4, 0.5) is 5.95 Å². The van der Waals surface area contributed by atoms with Crippen LogP contribution in [0.25, 0.3) is 0 Å². The minimum atomic E-state index is -0.952. The number of nitrogens with one attached hydrogen (secondary N) is 3. The molecule has 0 spiro atoms. The molecule has 0 saturated carbocycles. The molecule has 0 bridgehead atoms. The first-order chi connectivity index (χ1) is 5.74. The average Bonchev–Trinajstić information content (AvgIpc) is 2.55. The second kappa shape index (κ2) is 3.44. The number of H-pyrrole nitrogens is 1. The number of aromatic amines is 1. The zero-order chi connectivity index (χ0) is 8.97. The highest BCUT2D eigenvalue weighted by Crippen LogP contribution is 1.90. The van der Waals surface area contributed by atoms with Crippen LogP contribution in [0.5, 0.6) is 0 Å². The van der Waals surface area contributed by atoms with Crippen molar-refractivity contribution in [3.63, 3.8) is 0 Å². The van der Waals surface area contributed by atoms with E-state index < -0.39 is 11.8 Å². The van der Waals surface area contributed by atoms with E-state index in [0.29, 0.717) is 0 Å². The summed E-state index contributed by atoms with van der Waals surface area (Å²) in [5.41, 5.74) is 1.66. The van der Waals surface area contributed by atoms with E-state index in [1.807, 2.05) is 0 Å². The second-order valence-corrected chi connectivity index (χ2v) is 1.76. The Morgan fingerprint density at radius 3 is 2.75 bits per heavy atom. The van der Waals surface area contributed by atoms with Crippen molar-refractivity contribution in [2.45, 2.75) is 0 Å². The Hall–Kier alpha value is -1.96. The summed E-state index contributed by atoms with van der Waals surface area (Å²) < 4.78 is 0. The number of anilines is 1. The fraction of sp³-hybridized carbons (Fsp3) is 0. The van der Waals surface area contributed by atoms with E-state index in [1.165, 1.54) is 6.33 Å². The maximum atomic E-state index is 10.8. The molecular formula is C4H6N6O2. The van der Waals surface area contributed by atoms with Gasteiger partial charge in [0.15, 0.2) is 0 Å². The molecule has 0 aliphatic heterocycles. The van der Waals surface area contributed by atoms with Crippen LogP contribution < -0.4 is 16.6 Å². The van der Waals surface area contributed by atoms with Crippen molar-refractivity contribution in [1.82, 2.24) is 20.6 Å². The molecule has 0 saturated heterocycles. The molecule has 12 heavy (non-hydrogen) atoms. The van der Waals surface area contributed by atoms with E-state index in [4.69, 9.17) is 5.84 Å². The molecule has 1 aromatic rings. The van der Waals surface area contributed by atoms with Gasteiger partial charge >= 0.3 is 11.8 Å². The fourth-order valence-electron chi connectivity index (χ4n) is 0.496. The van der Waals surface area contributed by atoms with Gasteiger partial charge in [-0.05, 0) is 0 Å². The molecular weight excluding hydrogens is 164 g/mol. The summed E-state index contributed by atoms with van der Waals surface area (Å²) in [5, 5.41) is 7.89. The SMILES string of the molecule is NNC(=O)C(=O)Nc1ncn[nH]1. The maximum absolute atomic E-state index is 10.8. The number of carbonyl (C=O) groups is 2. The van der Waals surface area contributed by atoms with Gasteiger partial charge in [0.2, 0.25) is 5.95 Å². The van der Waals surface area contributed by atoms with E-state index in [9.17, 15) is 9.59 Å². The lowest BCUT2D eigenvalue weighted by atomic mass is 10.6. The fourth-order valence-corrected chi connectivity index (χ4v) is 0.496. The first kappa shape index (κ1) is 8.14. The number of carbonyl (C=O) groups excluding carboxylic acids is 2. The molecule has 0 fully saturated rings. The summed E-state index contributed by atoms with van der Waals surface area (Å²) in [6.45, 7) is 0. The third kappa shape index (κ3) is 1.76. The third-order valence-corrected chi connectivity index (χ3v) is 0.984. The Kier molecular flexibility index (Phi) is 2.33. The van der Waals surface area contributed by atoms with Gasteiger partial charge in [0, 0.05) is 0 Å². The minimum absolute atomic E-state index is 0.0867. The van der Waals surface area contributed by atoms with Gasteiger partial charge in [-0.25, -0.2) is 10.9 Å². The average molecular weight is 170 g/mol. The van der Waals surface area contributed by atoms with Gasteiger partial charge in [0.05, 0.1) is 0 Å². The summed E-state index contributed by atoms with van der Waals surface area (Å²) in [5.74, 6) is 2.92. The van der Waals surface area contributed by atoms with E-state index in [-0.39, 0.29) is 5.95 Å². The molecule has 0 radical (unpaired) electrons. The van der Waals surface area contributed by atoms with E-state index in [0.717, 1.165) is 0 Å². The Morgan fingerprint density at radius 2 is 2.25 bits per heavy atom. The van der Waals surface area contributed by atoms with Gasteiger partial charge < -0.3 is 0 Å². The zero-order valence-electron chi connectivity index (χ0n) is 5.87. The maximum Gasteiger partial charge on any atom is 0.323 e. The molecule has 8 heteroatoms. The van der Waals surface area contributed by atoms with E-state index in [1.54, 1.807) is 5.43 Å². The van der Waals surface area contributed by atoms with Crippen LogP contribution >= 0.6 is 0 Å². The van der Waals surface area contributed by atoms with Gasteiger partial charge in [-0.2, -0.15) is 10.1 Å². The van der Waals surface area contributed by atoms with Gasteiger partial charge in [-0.15, -0.1) is 0 Å². The zero-order valence-corrected chi connectivity index (χ0v) is 5.87. The predicted octanol–water partition coefficient (Wildman–Crippen LogP) is -2.27. The van der Waals surface area contributed by atoms with Crippen LogP contribution in [-0.2, 0) is 9.59 Å². The minimum Gasteiger partial charge on any atom is -0.286 e. The summed E-state index contributed by atoms with van der Waals surface area (Å²) in [6.07, 6.45) is 1.19. The first-order valence-electron chi connectivity index (χ1n) is 2.91. The summed E-state index contributed by atoms with van der Waals surface area (Å²) in [7, 11) is 0. The Labute approximate surface area is 66.5 Å². The van der Waals surface area contributed by atoms with Crippen LogP contribution in [0.1, 0.15) is 0 Å². The number of aromatic nitrogens is 3. The first-order valence-corrected chi connectivity index (χ1v) is 2.91.